The number of anilines is 1. The van der Waals surface area contributed by atoms with Crippen molar-refractivity contribution in [3.05, 3.63) is 17.0 Å². The number of amides is 1. The lowest BCUT2D eigenvalue weighted by Crippen LogP contribution is -2.27. The molecule has 4 heteroatoms. The Bertz CT molecular complexity index is 325. The number of nitrogens with one attached hydrogen (secondary N) is 1. The molecular weight excluding hydrogens is 196 g/mol. The number of carbonyl (C=O) groups excluding carboxylic acids is 1. The van der Waals surface area contributed by atoms with Crippen molar-refractivity contribution in [2.75, 3.05) is 5.32 Å². The van der Waals surface area contributed by atoms with Gasteiger partial charge in [-0.15, -0.1) is 11.3 Å². The van der Waals surface area contributed by atoms with Gasteiger partial charge in [0.15, 0.2) is 0 Å². The molecule has 78 valence electrons. The van der Waals surface area contributed by atoms with Gasteiger partial charge in [0.2, 0.25) is 5.91 Å². The average molecular weight is 212 g/mol. The van der Waals surface area contributed by atoms with Crippen LogP contribution >= 0.6 is 11.3 Å². The highest BCUT2D eigenvalue weighted by Gasteiger charge is 2.22. The van der Waals surface area contributed by atoms with Gasteiger partial charge in [-0.25, -0.2) is 0 Å². The molecule has 3 nitrogen and oxygen atoms in total. The van der Waals surface area contributed by atoms with E-state index in [1.165, 1.54) is 11.3 Å². The summed E-state index contributed by atoms with van der Waals surface area (Å²) in [5.74, 6) is 0.0228. The minimum atomic E-state index is -0.365. The van der Waals surface area contributed by atoms with Gasteiger partial charge in [0, 0.05) is 17.5 Å². The fourth-order valence-electron chi connectivity index (χ4n) is 0.897. The van der Waals surface area contributed by atoms with Crippen molar-refractivity contribution in [1.82, 2.24) is 0 Å². The zero-order valence-corrected chi connectivity index (χ0v) is 9.57. The van der Waals surface area contributed by atoms with Gasteiger partial charge in [-0.3, -0.25) is 4.79 Å². The topological polar surface area (TPSA) is 55.1 Å². The molecule has 0 fully saturated rings. The highest BCUT2D eigenvalue weighted by molar-refractivity contribution is 7.14. The van der Waals surface area contributed by atoms with Crippen LogP contribution in [0.5, 0.6) is 0 Å². The number of thiophene rings is 1. The summed E-state index contributed by atoms with van der Waals surface area (Å²) < 4.78 is 0. The molecule has 0 radical (unpaired) electrons. The molecule has 1 rings (SSSR count). The molecular formula is C10H16N2OS. The predicted octanol–water partition coefficient (Wildman–Crippen LogP) is 2.19. The molecule has 0 saturated heterocycles. The van der Waals surface area contributed by atoms with Gasteiger partial charge in [0.05, 0.1) is 5.00 Å². The van der Waals surface area contributed by atoms with Gasteiger partial charge < -0.3 is 11.1 Å². The van der Waals surface area contributed by atoms with Crippen LogP contribution in [0.4, 0.5) is 5.00 Å². The third-order valence-electron chi connectivity index (χ3n) is 1.87. The molecule has 0 aliphatic carbocycles. The van der Waals surface area contributed by atoms with Crippen molar-refractivity contribution in [2.45, 2.75) is 27.3 Å². The van der Waals surface area contributed by atoms with E-state index in [9.17, 15) is 4.79 Å². The summed E-state index contributed by atoms with van der Waals surface area (Å²) in [6.45, 7) is 6.12. The van der Waals surface area contributed by atoms with Crippen molar-refractivity contribution in [1.29, 1.82) is 0 Å². The molecule has 14 heavy (non-hydrogen) atoms. The minimum absolute atomic E-state index is 0.0228. The average Bonchev–Trinajstić information content (AvgIpc) is 2.50. The highest BCUT2D eigenvalue weighted by atomic mass is 32.1. The minimum Gasteiger partial charge on any atom is -0.326 e. The van der Waals surface area contributed by atoms with Crippen molar-refractivity contribution < 1.29 is 4.79 Å². The van der Waals surface area contributed by atoms with Gasteiger partial charge >= 0.3 is 0 Å². The molecule has 3 N–H and O–H groups in total. The second-order valence-corrected chi connectivity index (χ2v) is 5.10. The quantitative estimate of drug-likeness (QED) is 0.789. The van der Waals surface area contributed by atoms with Gasteiger partial charge in [-0.2, -0.15) is 0 Å². The van der Waals surface area contributed by atoms with E-state index < -0.39 is 0 Å². The Labute approximate surface area is 88.3 Å². The number of rotatable bonds is 2. The third kappa shape index (κ3) is 2.56. The molecule has 1 aromatic heterocycles. The Morgan fingerprint density at radius 1 is 1.57 bits per heavy atom. The Balaban J connectivity index is 2.74. The van der Waals surface area contributed by atoms with Crippen LogP contribution in [0.1, 0.15) is 26.3 Å². The Morgan fingerprint density at radius 3 is 2.71 bits per heavy atom. The summed E-state index contributed by atoms with van der Waals surface area (Å²) in [7, 11) is 0. The SMILES string of the molecule is CC(C)(C)C(=O)Nc1sccc1CN. The maximum atomic E-state index is 11.7. The first-order valence-corrected chi connectivity index (χ1v) is 5.41. The van der Waals surface area contributed by atoms with Gasteiger partial charge in [0.1, 0.15) is 0 Å². The third-order valence-corrected chi connectivity index (χ3v) is 2.75. The van der Waals surface area contributed by atoms with Crippen LogP contribution in [0, 0.1) is 5.41 Å². The maximum Gasteiger partial charge on any atom is 0.230 e. The van der Waals surface area contributed by atoms with E-state index in [0.29, 0.717) is 6.54 Å². The van der Waals surface area contributed by atoms with Crippen molar-refractivity contribution in [3.8, 4) is 0 Å². The molecule has 0 aromatic carbocycles. The summed E-state index contributed by atoms with van der Waals surface area (Å²) in [6, 6.07) is 1.93. The molecule has 0 aliphatic heterocycles. The van der Waals surface area contributed by atoms with Crippen LogP contribution in [0.3, 0.4) is 0 Å². The van der Waals surface area contributed by atoms with Crippen molar-refractivity contribution in [3.63, 3.8) is 0 Å². The summed E-state index contributed by atoms with van der Waals surface area (Å²) >= 11 is 1.51. The van der Waals surface area contributed by atoms with Crippen LogP contribution in [0.15, 0.2) is 11.4 Å². The lowest BCUT2D eigenvalue weighted by molar-refractivity contribution is -0.123. The van der Waals surface area contributed by atoms with E-state index >= 15 is 0 Å². The largest absolute Gasteiger partial charge is 0.326 e. The van der Waals surface area contributed by atoms with E-state index in [-0.39, 0.29) is 11.3 Å². The fourth-order valence-corrected chi connectivity index (χ4v) is 1.72. The zero-order valence-electron chi connectivity index (χ0n) is 8.76. The molecule has 0 atom stereocenters. The van der Waals surface area contributed by atoms with Crippen LogP contribution < -0.4 is 11.1 Å². The van der Waals surface area contributed by atoms with Gasteiger partial charge in [0.25, 0.3) is 0 Å². The van der Waals surface area contributed by atoms with E-state index in [1.807, 2.05) is 32.2 Å². The fraction of sp³-hybridized carbons (Fsp3) is 0.500. The molecule has 0 saturated carbocycles. The molecule has 0 aliphatic rings. The lowest BCUT2D eigenvalue weighted by atomic mass is 9.96. The molecule has 0 bridgehead atoms. The first-order chi connectivity index (χ1) is 6.45. The van der Waals surface area contributed by atoms with E-state index in [0.717, 1.165) is 10.6 Å². The Hall–Kier alpha value is -0.870. The molecule has 0 spiro atoms. The first kappa shape index (κ1) is 11.2. The molecule has 1 aromatic rings. The summed E-state index contributed by atoms with van der Waals surface area (Å²) in [5, 5.41) is 5.68. The second kappa shape index (κ2) is 4.11. The predicted molar refractivity (Wildman–Crippen MR) is 60.3 cm³/mol. The van der Waals surface area contributed by atoms with Crippen LogP contribution in [0.2, 0.25) is 0 Å². The standard InChI is InChI=1S/C10H16N2OS/c1-10(2,3)9(13)12-8-7(6-11)4-5-14-8/h4-5H,6,11H2,1-3H3,(H,12,13). The van der Waals surface area contributed by atoms with Gasteiger partial charge in [-0.05, 0) is 11.4 Å². The van der Waals surface area contributed by atoms with Crippen LogP contribution in [-0.2, 0) is 11.3 Å². The zero-order chi connectivity index (χ0) is 10.8. The van der Waals surface area contributed by atoms with E-state index in [4.69, 9.17) is 5.73 Å². The monoisotopic (exact) mass is 212 g/mol. The first-order valence-electron chi connectivity index (χ1n) is 4.53. The number of carbonyl (C=O) groups is 1. The summed E-state index contributed by atoms with van der Waals surface area (Å²) in [5.41, 5.74) is 6.16. The summed E-state index contributed by atoms with van der Waals surface area (Å²) in [4.78, 5) is 11.7. The molecule has 1 heterocycles. The number of hydrogen-bond donors (Lipinski definition) is 2. The van der Waals surface area contributed by atoms with Crippen molar-refractivity contribution in [2.24, 2.45) is 11.1 Å². The van der Waals surface area contributed by atoms with Crippen LogP contribution in [-0.4, -0.2) is 5.91 Å². The van der Waals surface area contributed by atoms with Gasteiger partial charge in [-0.1, -0.05) is 20.8 Å². The Kier molecular flexibility index (Phi) is 3.29. The summed E-state index contributed by atoms with van der Waals surface area (Å²) in [6.07, 6.45) is 0. The maximum absolute atomic E-state index is 11.7. The van der Waals surface area contributed by atoms with E-state index in [1.54, 1.807) is 0 Å². The lowest BCUT2D eigenvalue weighted by Gasteiger charge is -2.17. The smallest absolute Gasteiger partial charge is 0.230 e. The second-order valence-electron chi connectivity index (χ2n) is 4.18. The van der Waals surface area contributed by atoms with E-state index in [2.05, 4.69) is 5.32 Å². The molecule has 0 unspecified atom stereocenters. The number of hydrogen-bond acceptors (Lipinski definition) is 3. The van der Waals surface area contributed by atoms with Crippen molar-refractivity contribution >= 4 is 22.2 Å². The highest BCUT2D eigenvalue weighted by Crippen LogP contribution is 2.25. The normalized spacial score (nSPS) is 11.4. The van der Waals surface area contributed by atoms with Crippen LogP contribution in [0.25, 0.3) is 0 Å². The molecule has 1 amide bonds. The number of nitrogens with two attached hydrogens (primary N) is 1. The Morgan fingerprint density at radius 2 is 2.21 bits per heavy atom.